The number of fused-ring (bicyclic) bond motifs is 1. The third-order valence-corrected chi connectivity index (χ3v) is 6.18. The lowest BCUT2D eigenvalue weighted by Gasteiger charge is -2.39. The van der Waals surface area contributed by atoms with Crippen molar-refractivity contribution in [1.82, 2.24) is 9.80 Å². The van der Waals surface area contributed by atoms with Gasteiger partial charge >= 0.3 is 0 Å². The zero-order chi connectivity index (χ0) is 16.7. The number of hydrogen-bond donors (Lipinski definition) is 0. The van der Waals surface area contributed by atoms with Crippen LogP contribution in [0.5, 0.6) is 5.75 Å². The number of piperidine rings is 1. The van der Waals surface area contributed by atoms with Crippen LogP contribution in [0.1, 0.15) is 37.7 Å². The van der Waals surface area contributed by atoms with E-state index in [9.17, 15) is 4.79 Å². The Morgan fingerprint density at radius 2 is 1.92 bits per heavy atom. The second kappa shape index (κ2) is 6.40. The van der Waals surface area contributed by atoms with Gasteiger partial charge in [0.25, 0.3) is 0 Å². The van der Waals surface area contributed by atoms with E-state index in [1.165, 1.54) is 24.9 Å². The van der Waals surface area contributed by atoms with Crippen molar-refractivity contribution in [3.05, 3.63) is 29.8 Å². The fourth-order valence-electron chi connectivity index (χ4n) is 4.70. The van der Waals surface area contributed by atoms with Gasteiger partial charge in [-0.2, -0.15) is 0 Å². The van der Waals surface area contributed by atoms with E-state index in [1.807, 2.05) is 12.1 Å². The molecule has 1 aromatic rings. The summed E-state index contributed by atoms with van der Waals surface area (Å²) >= 11 is 0. The summed E-state index contributed by atoms with van der Waals surface area (Å²) in [5, 5.41) is 0. The molecular formula is C20H28N2O2. The number of rotatable bonds is 4. The van der Waals surface area contributed by atoms with Gasteiger partial charge in [-0.05, 0) is 42.9 Å². The second-order valence-corrected chi connectivity index (χ2v) is 7.77. The largest absolute Gasteiger partial charge is 0.497 e. The number of ether oxygens (including phenoxy) is 1. The van der Waals surface area contributed by atoms with Crippen molar-refractivity contribution in [2.45, 2.75) is 38.1 Å². The molecule has 0 radical (unpaired) electrons. The predicted molar refractivity (Wildman–Crippen MR) is 94.2 cm³/mol. The molecule has 4 heteroatoms. The molecule has 1 aromatic carbocycles. The zero-order valence-corrected chi connectivity index (χ0v) is 14.8. The monoisotopic (exact) mass is 328 g/mol. The summed E-state index contributed by atoms with van der Waals surface area (Å²) in [5.74, 6) is 3.08. The highest BCUT2D eigenvalue weighted by Crippen LogP contribution is 2.42. The Labute approximate surface area is 144 Å². The maximum absolute atomic E-state index is 12.1. The van der Waals surface area contributed by atoms with Gasteiger partial charge in [0.2, 0.25) is 5.91 Å². The van der Waals surface area contributed by atoms with Crippen molar-refractivity contribution in [1.29, 1.82) is 0 Å². The van der Waals surface area contributed by atoms with Gasteiger partial charge in [-0.3, -0.25) is 4.79 Å². The number of carbonyl (C=O) groups is 1. The fraction of sp³-hybridized carbons (Fsp3) is 0.650. The Hall–Kier alpha value is -1.55. The standard InChI is InChI=1S/C20H28N2O2/c1-14(23)22-13-18(16-5-7-17(24-2)8-6-16)19-12-21(10-9-20(19)22)11-15-3-4-15/h5-8,15,18-20H,3-4,9-13H2,1-2H3/t18-,19-,20-/m1/s1. The van der Waals surface area contributed by atoms with Gasteiger partial charge in [0.15, 0.2) is 0 Å². The van der Waals surface area contributed by atoms with Crippen LogP contribution < -0.4 is 4.74 Å². The average Bonchev–Trinajstić information content (AvgIpc) is 3.32. The molecule has 4 nitrogen and oxygen atoms in total. The molecule has 4 rings (SSSR count). The van der Waals surface area contributed by atoms with Crippen molar-refractivity contribution in [3.63, 3.8) is 0 Å². The van der Waals surface area contributed by atoms with Crippen LogP contribution in [-0.4, -0.2) is 55.0 Å². The van der Waals surface area contributed by atoms with Crippen LogP contribution in [0.3, 0.4) is 0 Å². The lowest BCUT2D eigenvalue weighted by molar-refractivity contribution is -0.130. The van der Waals surface area contributed by atoms with Crippen LogP contribution in [0.2, 0.25) is 0 Å². The number of likely N-dealkylation sites (tertiary alicyclic amines) is 2. The quantitative estimate of drug-likeness (QED) is 0.852. The Morgan fingerprint density at radius 3 is 2.54 bits per heavy atom. The van der Waals surface area contributed by atoms with Crippen molar-refractivity contribution < 1.29 is 9.53 Å². The van der Waals surface area contributed by atoms with Crippen molar-refractivity contribution in [2.24, 2.45) is 11.8 Å². The molecule has 3 aliphatic rings. The number of hydrogen-bond acceptors (Lipinski definition) is 3. The SMILES string of the molecule is COc1ccc([C@H]2CN(C(C)=O)[C@@H]3CCN(CC4CC4)C[C@H]23)cc1. The van der Waals surface area contributed by atoms with E-state index in [-0.39, 0.29) is 5.91 Å². The summed E-state index contributed by atoms with van der Waals surface area (Å²) in [6.45, 7) is 6.15. The minimum atomic E-state index is 0.233. The lowest BCUT2D eigenvalue weighted by Crippen LogP contribution is -2.48. The number of methoxy groups -OCH3 is 1. The van der Waals surface area contributed by atoms with Gasteiger partial charge in [0.05, 0.1) is 7.11 Å². The summed E-state index contributed by atoms with van der Waals surface area (Å²) in [6, 6.07) is 8.88. The first-order valence-corrected chi connectivity index (χ1v) is 9.29. The molecule has 2 heterocycles. The number of amides is 1. The molecule has 1 aliphatic carbocycles. The zero-order valence-electron chi connectivity index (χ0n) is 14.8. The molecule has 0 spiro atoms. The Balaban J connectivity index is 1.55. The fourth-order valence-corrected chi connectivity index (χ4v) is 4.70. The molecule has 2 saturated heterocycles. The first-order valence-electron chi connectivity index (χ1n) is 9.29. The topological polar surface area (TPSA) is 32.8 Å². The maximum atomic E-state index is 12.1. The first-order chi connectivity index (χ1) is 11.7. The van der Waals surface area contributed by atoms with Gasteiger partial charge < -0.3 is 14.5 Å². The summed E-state index contributed by atoms with van der Waals surface area (Å²) in [6.07, 6.45) is 3.95. The summed E-state index contributed by atoms with van der Waals surface area (Å²) in [4.78, 5) is 16.9. The molecule has 1 saturated carbocycles. The molecule has 130 valence electrons. The molecule has 0 bridgehead atoms. The maximum Gasteiger partial charge on any atom is 0.219 e. The Morgan fingerprint density at radius 1 is 1.17 bits per heavy atom. The van der Waals surface area contributed by atoms with E-state index in [1.54, 1.807) is 14.0 Å². The Bertz CT molecular complexity index is 596. The molecule has 0 N–H and O–H groups in total. The Kier molecular flexibility index (Phi) is 4.25. The molecule has 1 amide bonds. The number of benzene rings is 1. The minimum Gasteiger partial charge on any atom is -0.497 e. The van der Waals surface area contributed by atoms with Gasteiger partial charge in [-0.1, -0.05) is 12.1 Å². The predicted octanol–water partition coefficient (Wildman–Crippen LogP) is 2.74. The minimum absolute atomic E-state index is 0.233. The highest BCUT2D eigenvalue weighted by Gasteiger charge is 2.46. The number of nitrogens with zero attached hydrogens (tertiary/aromatic N) is 2. The summed E-state index contributed by atoms with van der Waals surface area (Å²) in [7, 11) is 1.70. The van der Waals surface area contributed by atoms with Gasteiger partial charge in [-0.25, -0.2) is 0 Å². The normalized spacial score (nSPS) is 30.2. The molecule has 24 heavy (non-hydrogen) atoms. The lowest BCUT2D eigenvalue weighted by atomic mass is 9.81. The van der Waals surface area contributed by atoms with Crippen LogP contribution in [-0.2, 0) is 4.79 Å². The molecular weight excluding hydrogens is 300 g/mol. The highest BCUT2D eigenvalue weighted by molar-refractivity contribution is 5.74. The average molecular weight is 328 g/mol. The van der Waals surface area contributed by atoms with Crippen LogP contribution in [0.4, 0.5) is 0 Å². The smallest absolute Gasteiger partial charge is 0.219 e. The third kappa shape index (κ3) is 3.04. The van der Waals surface area contributed by atoms with Gasteiger partial charge in [0, 0.05) is 51.0 Å². The molecule has 0 unspecified atom stereocenters. The van der Waals surface area contributed by atoms with Crippen LogP contribution in [0, 0.1) is 11.8 Å². The molecule has 3 atom stereocenters. The van der Waals surface area contributed by atoms with E-state index in [2.05, 4.69) is 21.9 Å². The molecule has 2 aliphatic heterocycles. The van der Waals surface area contributed by atoms with E-state index >= 15 is 0 Å². The van der Waals surface area contributed by atoms with E-state index < -0.39 is 0 Å². The first kappa shape index (κ1) is 15.9. The van der Waals surface area contributed by atoms with Crippen molar-refractivity contribution in [2.75, 3.05) is 33.3 Å². The van der Waals surface area contributed by atoms with Crippen LogP contribution >= 0.6 is 0 Å². The third-order valence-electron chi connectivity index (χ3n) is 6.18. The highest BCUT2D eigenvalue weighted by atomic mass is 16.5. The van der Waals surface area contributed by atoms with Crippen molar-refractivity contribution >= 4 is 5.91 Å². The van der Waals surface area contributed by atoms with E-state index in [4.69, 9.17) is 4.74 Å². The molecule has 0 aromatic heterocycles. The summed E-state index contributed by atoms with van der Waals surface area (Å²) in [5.41, 5.74) is 1.35. The van der Waals surface area contributed by atoms with Crippen LogP contribution in [0.15, 0.2) is 24.3 Å². The van der Waals surface area contributed by atoms with Crippen molar-refractivity contribution in [3.8, 4) is 5.75 Å². The van der Waals surface area contributed by atoms with Crippen LogP contribution in [0.25, 0.3) is 0 Å². The van der Waals surface area contributed by atoms with E-state index in [0.717, 1.165) is 37.7 Å². The second-order valence-electron chi connectivity index (χ2n) is 7.77. The van der Waals surface area contributed by atoms with Gasteiger partial charge in [-0.15, -0.1) is 0 Å². The number of carbonyl (C=O) groups excluding carboxylic acids is 1. The van der Waals surface area contributed by atoms with Gasteiger partial charge in [0.1, 0.15) is 5.75 Å². The van der Waals surface area contributed by atoms with E-state index in [0.29, 0.717) is 17.9 Å². The molecule has 3 fully saturated rings. The summed E-state index contributed by atoms with van der Waals surface area (Å²) < 4.78 is 5.29.